The first kappa shape index (κ1) is 27.9. The fraction of sp³-hybridized carbons (Fsp3) is 0.622. The molecule has 1 aromatic rings. The number of rotatable bonds is 10. The molecule has 0 amide bonds. The molecule has 5 rings (SSSR count). The van der Waals surface area contributed by atoms with Crippen molar-refractivity contribution in [2.75, 3.05) is 0 Å². The van der Waals surface area contributed by atoms with Gasteiger partial charge >= 0.3 is 0 Å². The Kier molecular flexibility index (Phi) is 9.68. The second kappa shape index (κ2) is 13.2. The van der Waals surface area contributed by atoms with Crippen molar-refractivity contribution >= 4 is 13.3 Å². The average Bonchev–Trinajstić information content (AvgIpc) is 2.99. The molecule has 38 heavy (non-hydrogen) atoms. The Morgan fingerprint density at radius 2 is 1.68 bits per heavy atom. The van der Waals surface area contributed by atoms with Gasteiger partial charge in [-0.05, 0) is 68.3 Å². The van der Waals surface area contributed by atoms with E-state index in [4.69, 9.17) is 0 Å². The molecule has 1 heteroatoms. The highest BCUT2D eigenvalue weighted by atomic mass is 28.3. The first-order valence-electron chi connectivity index (χ1n) is 16.5. The Morgan fingerprint density at radius 1 is 0.895 bits per heavy atom. The minimum absolute atomic E-state index is 0.272. The van der Waals surface area contributed by atoms with Crippen molar-refractivity contribution in [1.82, 2.24) is 0 Å². The molecule has 1 saturated heterocycles. The summed E-state index contributed by atoms with van der Waals surface area (Å²) in [5, 5.41) is 1.75. The van der Waals surface area contributed by atoms with Crippen LogP contribution in [0.4, 0.5) is 0 Å². The summed E-state index contributed by atoms with van der Waals surface area (Å²) in [5.74, 6) is 2.63. The van der Waals surface area contributed by atoms with E-state index >= 15 is 0 Å². The average molecular weight is 527 g/mol. The SMILES string of the molecule is CCCCC[Si]1(c2ccccc2)CCC(C2(C3=CC=CCC3)C=CC([C@H]3CC[C@H](CCC)CC3)=CC2)CC1. The lowest BCUT2D eigenvalue weighted by Crippen LogP contribution is -2.51. The predicted molar refractivity (Wildman–Crippen MR) is 170 cm³/mol. The van der Waals surface area contributed by atoms with Gasteiger partial charge in [0.25, 0.3) is 0 Å². The standard InChI is InChI=1S/C37H54Si/c1-3-5-12-28-38(36-16-10-7-11-17-36)29-24-35(25-30-38)37(34-14-8-6-9-15-34)26-22-33(23-27-37)32-20-18-31(13-4-2)19-21-32/h6-8,10-11,14,16-17,22-23,26,31-32,35H,3-5,9,12-13,15,18-21,24-25,27-30H2,1-2H3/t31-,32-,35?,37?,38?. The lowest BCUT2D eigenvalue weighted by Gasteiger charge is -2.49. The molecule has 0 spiro atoms. The fourth-order valence-electron chi connectivity index (χ4n) is 8.83. The van der Waals surface area contributed by atoms with Gasteiger partial charge in [-0.15, -0.1) is 0 Å². The zero-order chi connectivity index (χ0) is 26.3. The maximum absolute atomic E-state index is 2.75. The zero-order valence-corrected chi connectivity index (χ0v) is 25.6. The summed E-state index contributed by atoms with van der Waals surface area (Å²) in [7, 11) is -1.41. The first-order chi connectivity index (χ1) is 18.7. The lowest BCUT2D eigenvalue weighted by atomic mass is 9.61. The third-order valence-corrected chi connectivity index (χ3v) is 16.6. The largest absolute Gasteiger partial charge is 0.0867 e. The van der Waals surface area contributed by atoms with Crippen molar-refractivity contribution in [2.45, 2.75) is 122 Å². The molecule has 1 heterocycles. The molecule has 1 unspecified atom stereocenters. The van der Waals surface area contributed by atoms with Gasteiger partial charge in [-0.25, -0.2) is 0 Å². The van der Waals surface area contributed by atoms with Crippen molar-refractivity contribution < 1.29 is 0 Å². The van der Waals surface area contributed by atoms with E-state index in [1.807, 2.05) is 0 Å². The van der Waals surface area contributed by atoms with Crippen molar-refractivity contribution in [2.24, 2.45) is 23.2 Å². The van der Waals surface area contributed by atoms with E-state index in [2.05, 4.69) is 80.6 Å². The molecule has 2 fully saturated rings. The van der Waals surface area contributed by atoms with Gasteiger partial charge in [0.2, 0.25) is 0 Å². The van der Waals surface area contributed by atoms with E-state index in [-0.39, 0.29) is 5.41 Å². The number of benzene rings is 1. The maximum atomic E-state index is 2.75. The number of hydrogen-bond acceptors (Lipinski definition) is 0. The topological polar surface area (TPSA) is 0 Å². The van der Waals surface area contributed by atoms with Gasteiger partial charge in [-0.1, -0.05) is 154 Å². The zero-order valence-electron chi connectivity index (χ0n) is 24.6. The summed E-state index contributed by atoms with van der Waals surface area (Å²) in [6.07, 6.45) is 34.7. The fourth-order valence-corrected chi connectivity index (χ4v) is 14.1. The van der Waals surface area contributed by atoms with E-state index in [1.165, 1.54) is 108 Å². The lowest BCUT2D eigenvalue weighted by molar-refractivity contribution is 0.241. The third-order valence-electron chi connectivity index (χ3n) is 11.2. The van der Waals surface area contributed by atoms with Crippen molar-refractivity contribution in [3.63, 3.8) is 0 Å². The first-order valence-corrected chi connectivity index (χ1v) is 19.1. The van der Waals surface area contributed by atoms with Crippen LogP contribution < -0.4 is 5.19 Å². The number of allylic oxidation sites excluding steroid dienone is 8. The second-order valence-corrected chi connectivity index (χ2v) is 18.0. The Labute approximate surface area is 235 Å². The molecule has 3 aliphatic carbocycles. The molecule has 0 bridgehead atoms. The highest BCUT2D eigenvalue weighted by molar-refractivity contribution is 6.92. The van der Waals surface area contributed by atoms with Gasteiger partial charge < -0.3 is 0 Å². The summed E-state index contributed by atoms with van der Waals surface area (Å²) in [5.41, 5.74) is 3.70. The molecule has 0 nitrogen and oxygen atoms in total. The van der Waals surface area contributed by atoms with Crippen LogP contribution >= 0.6 is 0 Å². The van der Waals surface area contributed by atoms with Gasteiger partial charge in [-0.2, -0.15) is 0 Å². The van der Waals surface area contributed by atoms with E-state index < -0.39 is 8.07 Å². The summed E-state index contributed by atoms with van der Waals surface area (Å²) >= 11 is 0. The van der Waals surface area contributed by atoms with Gasteiger partial charge in [0.1, 0.15) is 0 Å². The van der Waals surface area contributed by atoms with Gasteiger partial charge in [-0.3, -0.25) is 0 Å². The van der Waals surface area contributed by atoms with E-state index in [0.29, 0.717) is 0 Å². The molecule has 0 aromatic heterocycles. The molecule has 0 radical (unpaired) electrons. The smallest absolute Gasteiger partial charge is 0.0842 e. The minimum atomic E-state index is -1.41. The van der Waals surface area contributed by atoms with E-state index in [0.717, 1.165) is 17.8 Å². The van der Waals surface area contributed by atoms with Crippen LogP contribution in [0.1, 0.15) is 104 Å². The monoisotopic (exact) mass is 526 g/mol. The molecule has 4 aliphatic rings. The summed E-state index contributed by atoms with van der Waals surface area (Å²) in [6, 6.07) is 16.3. The van der Waals surface area contributed by atoms with Gasteiger partial charge in [0.15, 0.2) is 0 Å². The Bertz CT molecular complexity index is 994. The van der Waals surface area contributed by atoms with Crippen LogP contribution in [0.2, 0.25) is 18.1 Å². The van der Waals surface area contributed by atoms with Crippen molar-refractivity contribution in [1.29, 1.82) is 0 Å². The van der Waals surface area contributed by atoms with Crippen LogP contribution in [0.15, 0.2) is 77.9 Å². The van der Waals surface area contributed by atoms with E-state index in [9.17, 15) is 0 Å². The quantitative estimate of drug-likeness (QED) is 0.210. The Hall–Kier alpha value is -1.60. The van der Waals surface area contributed by atoms with Crippen molar-refractivity contribution in [3.8, 4) is 0 Å². The molecule has 1 atom stereocenters. The molecular formula is C37H54Si. The van der Waals surface area contributed by atoms with Crippen LogP contribution in [0.3, 0.4) is 0 Å². The van der Waals surface area contributed by atoms with E-state index in [1.54, 1.807) is 16.3 Å². The highest BCUT2D eigenvalue weighted by Crippen LogP contribution is 2.54. The number of hydrogen-bond donors (Lipinski definition) is 0. The van der Waals surface area contributed by atoms with Crippen LogP contribution in [0.25, 0.3) is 0 Å². The molecule has 206 valence electrons. The molecule has 1 saturated carbocycles. The molecule has 1 aliphatic heterocycles. The minimum Gasteiger partial charge on any atom is -0.0842 e. The third kappa shape index (κ3) is 6.09. The number of unbranched alkanes of at least 4 members (excludes halogenated alkanes) is 2. The van der Waals surface area contributed by atoms with Crippen LogP contribution in [-0.2, 0) is 0 Å². The summed E-state index contributed by atoms with van der Waals surface area (Å²) < 4.78 is 0. The highest BCUT2D eigenvalue weighted by Gasteiger charge is 2.46. The maximum Gasteiger partial charge on any atom is 0.0867 e. The molecule has 0 N–H and O–H groups in total. The van der Waals surface area contributed by atoms with Gasteiger partial charge in [0.05, 0.1) is 8.07 Å². The second-order valence-electron chi connectivity index (χ2n) is 13.3. The van der Waals surface area contributed by atoms with Crippen LogP contribution in [0.5, 0.6) is 0 Å². The molecule has 1 aromatic carbocycles. The summed E-state index contributed by atoms with van der Waals surface area (Å²) in [6.45, 7) is 4.72. The van der Waals surface area contributed by atoms with Crippen LogP contribution in [-0.4, -0.2) is 8.07 Å². The van der Waals surface area contributed by atoms with Crippen molar-refractivity contribution in [3.05, 3.63) is 77.9 Å². The normalized spacial score (nSPS) is 33.6. The molecular weight excluding hydrogens is 472 g/mol. The van der Waals surface area contributed by atoms with Crippen LogP contribution in [0, 0.1) is 23.2 Å². The predicted octanol–water partition coefficient (Wildman–Crippen LogP) is 10.7. The Morgan fingerprint density at radius 3 is 2.32 bits per heavy atom. The summed E-state index contributed by atoms with van der Waals surface area (Å²) in [4.78, 5) is 0. The van der Waals surface area contributed by atoms with Gasteiger partial charge in [0, 0.05) is 5.41 Å². The Balaban J connectivity index is 1.33.